The highest BCUT2D eigenvalue weighted by Crippen LogP contribution is 2.26. The summed E-state index contributed by atoms with van der Waals surface area (Å²) in [6, 6.07) is 0.894. The largest absolute Gasteiger partial charge is 0.306 e. The normalized spacial score (nSPS) is 32.0. The van der Waals surface area contributed by atoms with Crippen LogP contribution in [0.4, 0.5) is 0 Å². The van der Waals surface area contributed by atoms with Gasteiger partial charge in [-0.1, -0.05) is 13.3 Å². The highest BCUT2D eigenvalue weighted by Gasteiger charge is 2.29. The van der Waals surface area contributed by atoms with Crippen molar-refractivity contribution >= 4 is 0 Å². The van der Waals surface area contributed by atoms with Crippen LogP contribution in [0.2, 0.25) is 0 Å². The zero-order valence-electron chi connectivity index (χ0n) is 14.3. The first-order valence-corrected chi connectivity index (χ1v) is 9.39. The van der Waals surface area contributed by atoms with Crippen LogP contribution >= 0.6 is 0 Å². The van der Waals surface area contributed by atoms with Gasteiger partial charge < -0.3 is 14.7 Å². The Morgan fingerprint density at radius 2 is 1.48 bits per heavy atom. The number of likely N-dealkylation sites (tertiary alicyclic amines) is 3. The SMILES string of the molecule is CCC1CCN(C2CCN(CC3CCN(C)C3)CC2)CC1. The molecule has 0 amide bonds. The molecular weight excluding hydrogens is 258 g/mol. The van der Waals surface area contributed by atoms with Gasteiger partial charge in [-0.05, 0) is 83.7 Å². The van der Waals surface area contributed by atoms with Crippen LogP contribution in [0, 0.1) is 11.8 Å². The predicted molar refractivity (Wildman–Crippen MR) is 89.7 cm³/mol. The molecule has 0 aromatic heterocycles. The maximum atomic E-state index is 2.81. The molecule has 3 heteroatoms. The first-order chi connectivity index (χ1) is 10.2. The molecule has 0 N–H and O–H groups in total. The lowest BCUT2D eigenvalue weighted by Gasteiger charge is -2.42. The minimum absolute atomic E-state index is 0.894. The standard InChI is InChI=1S/C18H35N3/c1-3-16-5-12-21(13-6-16)18-7-10-20(11-8-18)15-17-4-9-19(2)14-17/h16-18H,3-15H2,1-2H3. The van der Waals surface area contributed by atoms with E-state index < -0.39 is 0 Å². The summed E-state index contributed by atoms with van der Waals surface area (Å²) in [6.07, 6.45) is 8.54. The van der Waals surface area contributed by atoms with E-state index in [1.165, 1.54) is 84.3 Å². The topological polar surface area (TPSA) is 9.72 Å². The molecule has 0 radical (unpaired) electrons. The minimum Gasteiger partial charge on any atom is -0.306 e. The van der Waals surface area contributed by atoms with Crippen LogP contribution < -0.4 is 0 Å². The Balaban J connectivity index is 1.37. The van der Waals surface area contributed by atoms with Crippen LogP contribution in [0.3, 0.4) is 0 Å². The molecule has 0 saturated carbocycles. The number of piperidine rings is 2. The summed E-state index contributed by atoms with van der Waals surface area (Å²) in [6.45, 7) is 11.8. The Hall–Kier alpha value is -0.120. The van der Waals surface area contributed by atoms with Gasteiger partial charge in [0.05, 0.1) is 0 Å². The zero-order valence-corrected chi connectivity index (χ0v) is 14.3. The second-order valence-corrected chi connectivity index (χ2v) is 7.84. The summed E-state index contributed by atoms with van der Waals surface area (Å²) in [5, 5.41) is 0. The fourth-order valence-corrected chi connectivity index (χ4v) is 4.73. The third-order valence-corrected chi connectivity index (χ3v) is 6.31. The summed E-state index contributed by atoms with van der Waals surface area (Å²) >= 11 is 0. The van der Waals surface area contributed by atoms with Gasteiger partial charge in [0.15, 0.2) is 0 Å². The van der Waals surface area contributed by atoms with Gasteiger partial charge in [0.25, 0.3) is 0 Å². The Morgan fingerprint density at radius 3 is 2.05 bits per heavy atom. The maximum absolute atomic E-state index is 2.81. The van der Waals surface area contributed by atoms with Gasteiger partial charge in [-0.25, -0.2) is 0 Å². The van der Waals surface area contributed by atoms with E-state index in [0.717, 1.165) is 17.9 Å². The zero-order chi connectivity index (χ0) is 14.7. The molecule has 3 aliphatic heterocycles. The fraction of sp³-hybridized carbons (Fsp3) is 1.00. The summed E-state index contributed by atoms with van der Waals surface area (Å²) < 4.78 is 0. The molecule has 3 saturated heterocycles. The van der Waals surface area contributed by atoms with Crippen molar-refractivity contribution in [3.63, 3.8) is 0 Å². The molecule has 3 aliphatic rings. The van der Waals surface area contributed by atoms with E-state index >= 15 is 0 Å². The highest BCUT2D eigenvalue weighted by molar-refractivity contribution is 4.85. The van der Waals surface area contributed by atoms with Crippen molar-refractivity contribution in [1.29, 1.82) is 0 Å². The van der Waals surface area contributed by atoms with Gasteiger partial charge in [0.2, 0.25) is 0 Å². The van der Waals surface area contributed by atoms with Crippen LogP contribution in [0.15, 0.2) is 0 Å². The molecule has 3 fully saturated rings. The van der Waals surface area contributed by atoms with Crippen LogP contribution in [-0.2, 0) is 0 Å². The van der Waals surface area contributed by atoms with Crippen molar-refractivity contribution in [2.45, 2.75) is 51.5 Å². The van der Waals surface area contributed by atoms with Gasteiger partial charge in [-0.2, -0.15) is 0 Å². The lowest BCUT2D eigenvalue weighted by atomic mass is 9.91. The van der Waals surface area contributed by atoms with E-state index in [1.807, 2.05) is 0 Å². The molecular formula is C18H35N3. The molecule has 0 spiro atoms. The van der Waals surface area contributed by atoms with Crippen LogP contribution in [0.25, 0.3) is 0 Å². The maximum Gasteiger partial charge on any atom is 0.0120 e. The van der Waals surface area contributed by atoms with E-state index in [9.17, 15) is 0 Å². The van der Waals surface area contributed by atoms with Crippen molar-refractivity contribution in [2.75, 3.05) is 52.9 Å². The molecule has 3 heterocycles. The molecule has 0 aromatic carbocycles. The lowest BCUT2D eigenvalue weighted by Crippen LogP contribution is -2.48. The van der Waals surface area contributed by atoms with E-state index in [0.29, 0.717) is 0 Å². The number of hydrogen-bond donors (Lipinski definition) is 0. The van der Waals surface area contributed by atoms with Crippen LogP contribution in [0.1, 0.15) is 45.4 Å². The summed E-state index contributed by atoms with van der Waals surface area (Å²) in [5.41, 5.74) is 0. The number of nitrogens with zero attached hydrogens (tertiary/aromatic N) is 3. The number of hydrogen-bond acceptors (Lipinski definition) is 3. The van der Waals surface area contributed by atoms with Crippen LogP contribution in [-0.4, -0.2) is 73.6 Å². The lowest BCUT2D eigenvalue weighted by molar-refractivity contribution is 0.0720. The number of rotatable bonds is 4. The molecule has 3 rings (SSSR count). The van der Waals surface area contributed by atoms with Gasteiger partial charge in [0, 0.05) is 19.1 Å². The predicted octanol–water partition coefficient (Wildman–Crippen LogP) is 2.52. The van der Waals surface area contributed by atoms with Crippen molar-refractivity contribution in [2.24, 2.45) is 11.8 Å². The van der Waals surface area contributed by atoms with Gasteiger partial charge in [-0.3, -0.25) is 0 Å². The monoisotopic (exact) mass is 293 g/mol. The molecule has 0 aliphatic carbocycles. The van der Waals surface area contributed by atoms with E-state index in [-0.39, 0.29) is 0 Å². The smallest absolute Gasteiger partial charge is 0.0120 e. The van der Waals surface area contributed by atoms with Gasteiger partial charge >= 0.3 is 0 Å². The second kappa shape index (κ2) is 7.43. The highest BCUT2D eigenvalue weighted by atomic mass is 15.2. The fourth-order valence-electron chi connectivity index (χ4n) is 4.73. The first-order valence-electron chi connectivity index (χ1n) is 9.39. The second-order valence-electron chi connectivity index (χ2n) is 7.84. The average molecular weight is 293 g/mol. The Morgan fingerprint density at radius 1 is 0.810 bits per heavy atom. The van der Waals surface area contributed by atoms with Crippen molar-refractivity contribution < 1.29 is 0 Å². The van der Waals surface area contributed by atoms with Crippen LogP contribution in [0.5, 0.6) is 0 Å². The third-order valence-electron chi connectivity index (χ3n) is 6.31. The minimum atomic E-state index is 0.894. The Bertz CT molecular complexity index is 304. The molecule has 1 unspecified atom stereocenters. The summed E-state index contributed by atoms with van der Waals surface area (Å²) in [7, 11) is 2.27. The summed E-state index contributed by atoms with van der Waals surface area (Å²) in [4.78, 5) is 8.06. The molecule has 0 aromatic rings. The Kier molecular flexibility index (Phi) is 5.58. The molecule has 3 nitrogen and oxygen atoms in total. The quantitative estimate of drug-likeness (QED) is 0.788. The summed E-state index contributed by atoms with van der Waals surface area (Å²) in [5.74, 6) is 1.95. The van der Waals surface area contributed by atoms with Crippen molar-refractivity contribution in [3.8, 4) is 0 Å². The molecule has 1 atom stereocenters. The van der Waals surface area contributed by atoms with Gasteiger partial charge in [0.1, 0.15) is 0 Å². The van der Waals surface area contributed by atoms with Crippen molar-refractivity contribution in [3.05, 3.63) is 0 Å². The Labute approximate surface area is 131 Å². The van der Waals surface area contributed by atoms with Gasteiger partial charge in [-0.15, -0.1) is 0 Å². The third kappa shape index (κ3) is 4.20. The molecule has 21 heavy (non-hydrogen) atoms. The molecule has 122 valence electrons. The molecule has 0 bridgehead atoms. The van der Waals surface area contributed by atoms with E-state index in [2.05, 4.69) is 28.7 Å². The first kappa shape index (κ1) is 15.8. The van der Waals surface area contributed by atoms with E-state index in [4.69, 9.17) is 0 Å². The van der Waals surface area contributed by atoms with Crippen molar-refractivity contribution in [1.82, 2.24) is 14.7 Å². The average Bonchev–Trinajstić information content (AvgIpc) is 2.93. The van der Waals surface area contributed by atoms with E-state index in [1.54, 1.807) is 0 Å².